The number of aliphatic imine (C=N–C) groups is 1. The van der Waals surface area contributed by atoms with Gasteiger partial charge in [-0.25, -0.2) is 33.5 Å². The lowest BCUT2D eigenvalue weighted by atomic mass is 10.0. The molecule has 6 aromatic heterocycles. The molecule has 0 aliphatic carbocycles. The first-order valence-electron chi connectivity index (χ1n) is 32.1. The number of alkyl halides is 1. The third-order valence-electron chi connectivity index (χ3n) is 13.1. The standard InChI is InChI=1S/C15H19N3O4.C9H13N3O3S.C9H10O3.C7H10N2S.C6H11N4O4PS.C6H9N3OS.C5H7FN4OS.C5H8N4OS.CO2/c1-3-17-8-9-18(14(21)13(17)20)15(22)16-10(2)11-4-6-12(19)7-5-11;1-5(6-4-16-8(10)11-6)12-15-9(2,3)7(13)14;1-6(9(11)12)7-2-4-8(10)5-3-7;1-3-5(2)6-4-10-7(8)9-6;1-3-14-8-4(2)5-7-6(16-10-5)9-15(11,12)13;1-4(8-3-10)5-2-11-6(7)9-5;1-3(9-11-2-6)4-8-5(7)12-10-4;1-3(8-10-2)4-7-5(6)11-9-4;2-1-3/h4-7,10,19H,3,8-9H2,1-2H3,(H,16,22);4H,1-3H3,(H2,10,11)(H,13,14);2-6,10H,1H3,(H,11,12);3-4H,1-2H3,(H2,8,9);3H2,1-2H3,(H3,7,9,10,11,12,13);2,10H,3H2,1H3,(H2,7,9);2H2,1H3,(H2,7,8,10);1-2H3,(H2,6,7,9);/b;12-5+;;5-3+;8-4-;;9-3+;8-3+;/t10-;;;;;;;;/m1......../s1. The lowest BCUT2D eigenvalue weighted by molar-refractivity contribution is -0.191. The predicted octanol–water partition coefficient (Wildman–Crippen LogP) is 7.89. The molecule has 1 fully saturated rings. The Morgan fingerprint density at radius 1 is 0.664 bits per heavy atom. The number of likely N-dealkylation sites (N-methyl/N-ethyl adjacent to an activating group) is 1. The summed E-state index contributed by atoms with van der Waals surface area (Å²) in [6.07, 6.45) is 2.27. The second-order valence-electron chi connectivity index (χ2n) is 21.9. The van der Waals surface area contributed by atoms with Crippen molar-refractivity contribution >= 4 is 177 Å². The number of rotatable bonds is 22. The summed E-state index contributed by atoms with van der Waals surface area (Å²) in [4.78, 5) is 139. The summed E-state index contributed by atoms with van der Waals surface area (Å²) in [6, 6.07) is 11.6. The number of carbonyl (C=O) groups is 5. The van der Waals surface area contributed by atoms with Crippen LogP contribution in [0.2, 0.25) is 0 Å². The number of imide groups is 1. The van der Waals surface area contributed by atoms with Crippen molar-refractivity contribution in [2.75, 3.05) is 80.7 Å². The number of allylic oxidation sites excluding steroid dienone is 2. The highest BCUT2D eigenvalue weighted by molar-refractivity contribution is 7.54. The highest BCUT2D eigenvalue weighted by Crippen LogP contribution is 2.36. The number of oxime groups is 4. The van der Waals surface area contributed by atoms with Crippen LogP contribution in [0, 0.1) is 0 Å². The second kappa shape index (κ2) is 51.8. The molecule has 42 nitrogen and oxygen atoms in total. The second-order valence-corrected chi connectivity index (χ2v) is 28.2. The highest BCUT2D eigenvalue weighted by Gasteiger charge is 2.36. The van der Waals surface area contributed by atoms with Gasteiger partial charge in [0.25, 0.3) is 6.86 Å². The largest absolute Gasteiger partial charge is 0.508 e. The van der Waals surface area contributed by atoms with E-state index in [4.69, 9.17) is 78.1 Å². The molecule has 2 aromatic carbocycles. The molecule has 0 radical (unpaired) electrons. The number of phenolic OH excluding ortho intramolecular Hbond substituents is 2. The van der Waals surface area contributed by atoms with Crippen molar-refractivity contribution < 1.29 is 97.2 Å². The molecule has 50 heteroatoms. The van der Waals surface area contributed by atoms with Gasteiger partial charge in [0, 0.05) is 70.4 Å². The number of nitrogens with two attached hydrogens (primary N) is 5. The van der Waals surface area contributed by atoms with Gasteiger partial charge in [-0.1, -0.05) is 51.0 Å². The first-order valence-corrected chi connectivity index (χ1v) is 38.6. The number of thiazole rings is 3. The van der Waals surface area contributed by atoms with E-state index in [-0.39, 0.29) is 47.9 Å². The molecule has 8 aromatic rings. The average molecular weight is 1710 g/mol. The van der Waals surface area contributed by atoms with E-state index in [0.717, 1.165) is 56.4 Å². The van der Waals surface area contributed by atoms with Gasteiger partial charge >= 0.3 is 43.7 Å². The molecule has 616 valence electrons. The Balaban J connectivity index is 0.000000650. The van der Waals surface area contributed by atoms with Crippen molar-refractivity contribution in [3.8, 4) is 11.5 Å². The molecule has 0 saturated carbocycles. The highest BCUT2D eigenvalue weighted by atomic mass is 32.1. The quantitative estimate of drug-likeness (QED) is 0.0133. The average Bonchev–Trinajstić information content (AvgIpc) is 0.853. The molecule has 19 N–H and O–H groups in total. The van der Waals surface area contributed by atoms with Gasteiger partial charge in [-0.15, -0.1) is 34.0 Å². The number of aromatic hydroxyl groups is 2. The summed E-state index contributed by atoms with van der Waals surface area (Å²) in [6.45, 7) is 22.5. The van der Waals surface area contributed by atoms with Crippen LogP contribution in [0.1, 0.15) is 148 Å². The van der Waals surface area contributed by atoms with Crippen molar-refractivity contribution in [1.29, 1.82) is 0 Å². The minimum Gasteiger partial charge on any atom is -0.508 e. The van der Waals surface area contributed by atoms with Gasteiger partial charge in [-0.05, 0) is 131 Å². The zero-order chi connectivity index (χ0) is 85.7. The number of nitrogens with zero attached hydrogens (tertiary/aromatic N) is 16. The van der Waals surface area contributed by atoms with Crippen molar-refractivity contribution in [3.05, 3.63) is 116 Å². The minimum atomic E-state index is -4.34. The van der Waals surface area contributed by atoms with E-state index < -0.39 is 55.9 Å². The van der Waals surface area contributed by atoms with Crippen LogP contribution in [0.25, 0.3) is 5.57 Å². The summed E-state index contributed by atoms with van der Waals surface area (Å²) in [5.41, 5.74) is 33.3. The smallest absolute Gasteiger partial charge is 0.429 e. The van der Waals surface area contributed by atoms with E-state index in [1.165, 1.54) is 89.7 Å². The van der Waals surface area contributed by atoms with Gasteiger partial charge in [-0.3, -0.25) is 29.4 Å². The molecular weight excluding hydrogens is 1630 g/mol. The Bertz CT molecular complexity index is 4500. The molecule has 1 unspecified atom stereocenters. The molecule has 1 aliphatic rings. The summed E-state index contributed by atoms with van der Waals surface area (Å²) in [5.74, 6) is -2.47. The topological polar surface area (TPSA) is 654 Å². The maximum absolute atomic E-state index is 12.2. The van der Waals surface area contributed by atoms with Crippen molar-refractivity contribution in [3.63, 3.8) is 0 Å². The fourth-order valence-corrected chi connectivity index (χ4v) is 11.1. The van der Waals surface area contributed by atoms with Crippen LogP contribution in [-0.4, -0.2) is 205 Å². The Labute approximate surface area is 670 Å². The zero-order valence-electron chi connectivity index (χ0n) is 63.2. The molecule has 4 amide bonds. The Morgan fingerprint density at radius 3 is 1.51 bits per heavy atom. The number of urea groups is 1. The Kier molecular flexibility index (Phi) is 45.6. The Morgan fingerprint density at radius 2 is 1.12 bits per heavy atom. The number of anilines is 6. The van der Waals surface area contributed by atoms with Crippen molar-refractivity contribution in [2.24, 2.45) is 25.6 Å². The molecule has 1 saturated heterocycles. The van der Waals surface area contributed by atoms with E-state index in [2.05, 4.69) is 83.6 Å². The molecule has 2 atom stereocenters. The van der Waals surface area contributed by atoms with Gasteiger partial charge in [0.05, 0.1) is 29.1 Å². The molecule has 9 rings (SSSR count). The van der Waals surface area contributed by atoms with Crippen LogP contribution < -0.4 is 39.1 Å². The van der Waals surface area contributed by atoms with E-state index in [1.54, 1.807) is 92.0 Å². The van der Waals surface area contributed by atoms with Gasteiger partial charge in [0.2, 0.25) is 10.7 Å². The number of aliphatic hydroxyl groups is 1. The molecule has 1 aliphatic heterocycles. The molecular formula is C63H87FN23O19PS6. The van der Waals surface area contributed by atoms with Crippen LogP contribution in [0.3, 0.4) is 0 Å². The van der Waals surface area contributed by atoms with Crippen molar-refractivity contribution in [1.82, 2.24) is 58.1 Å². The van der Waals surface area contributed by atoms with Crippen LogP contribution in [-0.2, 0) is 52.7 Å². The maximum atomic E-state index is 12.2. The predicted molar refractivity (Wildman–Crippen MR) is 428 cm³/mol. The monoisotopic (exact) mass is 1710 g/mol. The molecule has 113 heavy (non-hydrogen) atoms. The lowest BCUT2D eigenvalue weighted by Gasteiger charge is -2.32. The number of phenols is 2. The van der Waals surface area contributed by atoms with Crippen molar-refractivity contribution in [2.45, 2.75) is 108 Å². The fourth-order valence-electron chi connectivity index (χ4n) is 7.01. The maximum Gasteiger partial charge on any atom is 0.429 e. The van der Waals surface area contributed by atoms with E-state index in [9.17, 15) is 38.0 Å². The van der Waals surface area contributed by atoms with Crippen LogP contribution in [0.15, 0.2) is 96.4 Å². The van der Waals surface area contributed by atoms with Crippen LogP contribution in [0.5, 0.6) is 11.5 Å². The molecule has 0 spiro atoms. The zero-order valence-corrected chi connectivity index (χ0v) is 69.0. The third kappa shape index (κ3) is 38.8. The number of nitrogen functional groups attached to an aromatic ring is 5. The minimum absolute atomic E-state index is 0.0365. The van der Waals surface area contributed by atoms with Crippen LogP contribution in [0.4, 0.5) is 40.0 Å². The SMILES string of the molecule is C/C(=N\OC(C)(C)C(=O)O)c1csc(N)n1.C/C(=N\OCF)c1nsc(N)n1.C/C=C(\C)c1csc(N)n1.CC(=NCO)c1csc(N)n1.CC(C(=O)O)c1ccc(O)cc1.CCN1CCN(C(=O)N[C@H](C)c2ccc(O)cc2)C(=O)C1=O.CCO/N=C(/C)c1nsc(NP(=O)(O)O)n1.CO/N=C(\C)c1nsc(N)n1.O=C=O. The summed E-state index contributed by atoms with van der Waals surface area (Å²) >= 11 is 7.15. The first kappa shape index (κ1) is 99.5. The number of carboxylic acid groups (broad SMARTS) is 2. The number of hydrogen-bond donors (Lipinski definition) is 14. The molecule has 0 bridgehead atoms. The number of halogens is 1. The Hall–Kier alpha value is -11.5. The van der Waals surface area contributed by atoms with E-state index >= 15 is 0 Å². The van der Waals surface area contributed by atoms with Crippen LogP contribution >= 0.6 is 76.4 Å². The number of amides is 4. The fraction of sp³-hybridized carbons (Fsp3) is 0.365. The summed E-state index contributed by atoms with van der Waals surface area (Å²) in [7, 11) is -2.87. The number of hydrogen-bond acceptors (Lipinski definition) is 40. The summed E-state index contributed by atoms with van der Waals surface area (Å²) < 4.78 is 33.7. The number of aromatic nitrogens is 9. The number of piperazine rings is 1. The number of carbonyl (C=O) groups excluding carboxylic acids is 5. The van der Waals surface area contributed by atoms with Gasteiger partial charge in [-0.2, -0.15) is 37.7 Å². The van der Waals surface area contributed by atoms with Gasteiger partial charge in [0.1, 0.15) is 60.5 Å². The normalized spacial score (nSPS) is 12.8. The number of benzene rings is 2. The number of nitrogens with one attached hydrogen (secondary N) is 2. The van der Waals surface area contributed by atoms with E-state index in [1.807, 2.05) is 35.8 Å². The van der Waals surface area contributed by atoms with E-state index in [0.29, 0.717) is 96.8 Å². The molecule has 7 heterocycles. The number of aliphatic hydroxyl groups excluding tert-OH is 1. The van der Waals surface area contributed by atoms with Gasteiger partial charge in [0.15, 0.2) is 43.1 Å². The number of carboxylic acids is 2. The lowest BCUT2D eigenvalue weighted by Crippen LogP contribution is -2.58. The number of aliphatic carboxylic acids is 2. The van der Waals surface area contributed by atoms with Gasteiger partial charge < -0.3 is 93.6 Å². The first-order chi connectivity index (χ1) is 53.2. The summed E-state index contributed by atoms with van der Waals surface area (Å²) in [5, 5.41) is 71.1. The third-order valence-corrected chi connectivity index (χ3v) is 17.5.